The number of ether oxygens (including phenoxy) is 1. The van der Waals surface area contributed by atoms with Crippen LogP contribution in [-0.2, 0) is 14.3 Å². The van der Waals surface area contributed by atoms with Crippen LogP contribution >= 0.6 is 0 Å². The maximum Gasteiger partial charge on any atom is 0.306 e. The summed E-state index contributed by atoms with van der Waals surface area (Å²) >= 11 is 0. The molecule has 0 heterocycles. The Morgan fingerprint density at radius 2 is 0.900 bits per heavy atom. The quantitative estimate of drug-likeness (QED) is 0.0485. The minimum absolute atomic E-state index is 0.0574. The van der Waals surface area contributed by atoms with Gasteiger partial charge in [0.1, 0.15) is 0 Å². The van der Waals surface area contributed by atoms with E-state index >= 15 is 0 Å². The SMILES string of the molecule is CCCCCCCCCCCOC(=O)CCCCCN(CCO)CCCCCCC(C(=O)O)C(CCCCCCCC)CCCCCCCC. The van der Waals surface area contributed by atoms with Crippen LogP contribution in [0.2, 0.25) is 0 Å². The lowest BCUT2D eigenvalue weighted by Gasteiger charge is -2.25. The van der Waals surface area contributed by atoms with Gasteiger partial charge in [-0.2, -0.15) is 0 Å². The molecule has 0 fully saturated rings. The number of aliphatic hydroxyl groups is 1. The van der Waals surface area contributed by atoms with Gasteiger partial charge in [0.25, 0.3) is 0 Å². The number of carbonyl (C=O) groups excluding carboxylic acids is 1. The topological polar surface area (TPSA) is 87.1 Å². The van der Waals surface area contributed by atoms with Gasteiger partial charge in [-0.15, -0.1) is 0 Å². The molecule has 0 aromatic heterocycles. The van der Waals surface area contributed by atoms with Crippen LogP contribution in [0.5, 0.6) is 0 Å². The molecule has 6 nitrogen and oxygen atoms in total. The van der Waals surface area contributed by atoms with Gasteiger partial charge < -0.3 is 19.8 Å². The van der Waals surface area contributed by atoms with E-state index in [0.29, 0.717) is 25.5 Å². The second kappa shape index (κ2) is 39.1. The molecule has 0 rings (SSSR count). The Kier molecular flexibility index (Phi) is 38.2. The van der Waals surface area contributed by atoms with Gasteiger partial charge in [0, 0.05) is 13.0 Å². The summed E-state index contributed by atoms with van der Waals surface area (Å²) in [5.41, 5.74) is 0. The zero-order chi connectivity index (χ0) is 36.8. The van der Waals surface area contributed by atoms with Crippen LogP contribution in [0.3, 0.4) is 0 Å². The third kappa shape index (κ3) is 32.7. The molecule has 0 aliphatic heterocycles. The molecule has 0 bridgehead atoms. The summed E-state index contributed by atoms with van der Waals surface area (Å²) in [7, 11) is 0. The first kappa shape index (κ1) is 48.9. The maximum atomic E-state index is 12.4. The molecule has 0 amide bonds. The summed E-state index contributed by atoms with van der Waals surface area (Å²) < 4.78 is 5.45. The Morgan fingerprint density at radius 1 is 0.500 bits per heavy atom. The first-order valence-corrected chi connectivity index (χ1v) is 22.2. The molecule has 2 N–H and O–H groups in total. The van der Waals surface area contributed by atoms with Gasteiger partial charge in [-0.3, -0.25) is 9.59 Å². The van der Waals surface area contributed by atoms with Crippen molar-refractivity contribution in [3.8, 4) is 0 Å². The molecule has 0 radical (unpaired) electrons. The second-order valence-electron chi connectivity index (χ2n) is 15.4. The number of hydrogen-bond donors (Lipinski definition) is 2. The third-order valence-electron chi connectivity index (χ3n) is 10.8. The first-order chi connectivity index (χ1) is 24.5. The molecule has 0 aliphatic rings. The number of nitrogens with zero attached hydrogens (tertiary/aromatic N) is 1. The number of carbonyl (C=O) groups is 2. The maximum absolute atomic E-state index is 12.4. The smallest absolute Gasteiger partial charge is 0.306 e. The number of aliphatic hydroxyl groups excluding tert-OH is 1. The number of esters is 1. The van der Waals surface area contributed by atoms with Gasteiger partial charge in [-0.1, -0.05) is 175 Å². The summed E-state index contributed by atoms with van der Waals surface area (Å²) in [4.78, 5) is 26.9. The average Bonchev–Trinajstić information content (AvgIpc) is 3.10. The van der Waals surface area contributed by atoms with Crippen molar-refractivity contribution in [2.45, 2.75) is 226 Å². The van der Waals surface area contributed by atoms with E-state index in [9.17, 15) is 19.8 Å². The zero-order valence-corrected chi connectivity index (χ0v) is 33.9. The predicted octanol–water partition coefficient (Wildman–Crippen LogP) is 12.7. The van der Waals surface area contributed by atoms with Crippen molar-refractivity contribution >= 4 is 11.9 Å². The highest BCUT2D eigenvalue weighted by atomic mass is 16.5. The summed E-state index contributed by atoms with van der Waals surface area (Å²) in [6, 6.07) is 0. The Balaban J connectivity index is 4.24. The van der Waals surface area contributed by atoms with Gasteiger partial charge in [0.2, 0.25) is 0 Å². The molecular formula is C44H87NO5. The van der Waals surface area contributed by atoms with Crippen molar-refractivity contribution in [1.29, 1.82) is 0 Å². The number of carboxylic acid groups (broad SMARTS) is 1. The van der Waals surface area contributed by atoms with Crippen molar-refractivity contribution in [1.82, 2.24) is 4.90 Å². The second-order valence-corrected chi connectivity index (χ2v) is 15.4. The van der Waals surface area contributed by atoms with Crippen molar-refractivity contribution in [2.75, 3.05) is 32.8 Å². The Bertz CT molecular complexity index is 701. The molecule has 0 saturated carbocycles. The molecule has 298 valence electrons. The fourth-order valence-electron chi connectivity index (χ4n) is 7.46. The van der Waals surface area contributed by atoms with Gasteiger partial charge in [0.05, 0.1) is 19.1 Å². The van der Waals surface area contributed by atoms with E-state index < -0.39 is 5.97 Å². The van der Waals surface area contributed by atoms with Crippen LogP contribution < -0.4 is 0 Å². The average molecular weight is 710 g/mol. The van der Waals surface area contributed by atoms with Gasteiger partial charge in [-0.05, 0) is 64.0 Å². The van der Waals surface area contributed by atoms with E-state index in [-0.39, 0.29) is 18.5 Å². The molecule has 50 heavy (non-hydrogen) atoms. The fourth-order valence-corrected chi connectivity index (χ4v) is 7.46. The van der Waals surface area contributed by atoms with Gasteiger partial charge in [0.15, 0.2) is 0 Å². The monoisotopic (exact) mass is 710 g/mol. The lowest BCUT2D eigenvalue weighted by Crippen LogP contribution is -2.29. The number of unbranched alkanes of at least 4 members (excludes halogenated alkanes) is 23. The van der Waals surface area contributed by atoms with Crippen LogP contribution in [0.25, 0.3) is 0 Å². The van der Waals surface area contributed by atoms with Gasteiger partial charge in [-0.25, -0.2) is 0 Å². The minimum atomic E-state index is -0.576. The molecule has 0 aromatic rings. The number of aliphatic carboxylic acids is 1. The van der Waals surface area contributed by atoms with Crippen molar-refractivity contribution in [3.05, 3.63) is 0 Å². The van der Waals surface area contributed by atoms with E-state index in [1.54, 1.807) is 0 Å². The molecule has 6 heteroatoms. The third-order valence-corrected chi connectivity index (χ3v) is 10.8. The number of rotatable bonds is 41. The first-order valence-electron chi connectivity index (χ1n) is 22.2. The van der Waals surface area contributed by atoms with E-state index in [1.165, 1.54) is 122 Å². The predicted molar refractivity (Wildman–Crippen MR) is 214 cm³/mol. The van der Waals surface area contributed by atoms with E-state index in [0.717, 1.165) is 90.1 Å². The molecule has 0 aromatic carbocycles. The largest absolute Gasteiger partial charge is 0.481 e. The number of hydrogen-bond acceptors (Lipinski definition) is 5. The summed E-state index contributed by atoms with van der Waals surface area (Å²) in [5.74, 6) is -0.503. The highest BCUT2D eigenvalue weighted by Gasteiger charge is 2.27. The van der Waals surface area contributed by atoms with Gasteiger partial charge >= 0.3 is 11.9 Å². The normalized spacial score (nSPS) is 12.3. The van der Waals surface area contributed by atoms with Crippen LogP contribution in [-0.4, -0.2) is 59.9 Å². The standard InChI is InChI=1S/C44H87NO5/c1-4-7-10-13-16-17-18-23-31-40-50-43(47)35-28-24-30-37-45(38-39-46)36-29-22-21-27-34-42(44(48)49)41(32-25-19-14-11-8-5-2)33-26-20-15-12-9-6-3/h41-42,46H,4-40H2,1-3H3,(H,48,49). The highest BCUT2D eigenvalue weighted by molar-refractivity contribution is 5.70. The van der Waals surface area contributed by atoms with Crippen molar-refractivity contribution < 1.29 is 24.5 Å². The van der Waals surface area contributed by atoms with Crippen LogP contribution in [0.15, 0.2) is 0 Å². The van der Waals surface area contributed by atoms with Crippen molar-refractivity contribution in [2.24, 2.45) is 11.8 Å². The van der Waals surface area contributed by atoms with Crippen LogP contribution in [0.4, 0.5) is 0 Å². The highest BCUT2D eigenvalue weighted by Crippen LogP contribution is 2.30. The molecule has 0 aliphatic carbocycles. The Morgan fingerprint density at radius 3 is 1.36 bits per heavy atom. The molecule has 0 saturated heterocycles. The fraction of sp³-hybridized carbons (Fsp3) is 0.955. The summed E-state index contributed by atoms with van der Waals surface area (Å²) in [6.45, 7) is 10.1. The Labute approximate surface area is 311 Å². The summed E-state index contributed by atoms with van der Waals surface area (Å²) in [6.07, 6.45) is 37.3. The zero-order valence-electron chi connectivity index (χ0n) is 33.9. The van der Waals surface area contributed by atoms with E-state index in [4.69, 9.17) is 4.74 Å². The number of carboxylic acids is 1. The van der Waals surface area contributed by atoms with E-state index in [2.05, 4.69) is 25.7 Å². The Hall–Kier alpha value is -1.14. The molecule has 1 unspecified atom stereocenters. The van der Waals surface area contributed by atoms with Crippen molar-refractivity contribution in [3.63, 3.8) is 0 Å². The van der Waals surface area contributed by atoms with Crippen LogP contribution in [0.1, 0.15) is 226 Å². The molecule has 0 spiro atoms. The minimum Gasteiger partial charge on any atom is -0.481 e. The summed E-state index contributed by atoms with van der Waals surface area (Å²) in [5, 5.41) is 19.8. The van der Waals surface area contributed by atoms with E-state index in [1.807, 2.05) is 0 Å². The lowest BCUT2D eigenvalue weighted by molar-refractivity contribution is -0.145. The lowest BCUT2D eigenvalue weighted by atomic mass is 9.80. The van der Waals surface area contributed by atoms with Crippen LogP contribution in [0, 0.1) is 11.8 Å². The molecular weight excluding hydrogens is 622 g/mol. The molecule has 1 atom stereocenters.